The van der Waals surface area contributed by atoms with Gasteiger partial charge in [-0.05, 0) is 49.0 Å². The molecule has 3 nitrogen and oxygen atoms in total. The first-order valence-corrected chi connectivity index (χ1v) is 8.38. The molecule has 0 aliphatic rings. The maximum atomic E-state index is 12.1. The zero-order valence-corrected chi connectivity index (χ0v) is 13.9. The van der Waals surface area contributed by atoms with Gasteiger partial charge in [-0.25, -0.2) is 0 Å². The number of hydrogen-bond donors (Lipinski definition) is 1. The number of carbonyl (C=O) groups excluding carboxylic acids is 1. The number of nitrogens with zero attached hydrogens (tertiary/aromatic N) is 1. The van der Waals surface area contributed by atoms with Crippen LogP contribution in [0, 0.1) is 0 Å². The molecule has 1 aromatic rings. The van der Waals surface area contributed by atoms with E-state index in [0.717, 1.165) is 11.4 Å². The summed E-state index contributed by atoms with van der Waals surface area (Å²) >= 11 is 3.39. The van der Waals surface area contributed by atoms with E-state index in [4.69, 9.17) is 5.73 Å². The van der Waals surface area contributed by atoms with E-state index in [-0.39, 0.29) is 18.3 Å². The van der Waals surface area contributed by atoms with E-state index >= 15 is 0 Å². The molecular weight excluding hydrogens is 300 g/mol. The molecule has 1 amide bonds. The van der Waals surface area contributed by atoms with Crippen molar-refractivity contribution in [3.05, 3.63) is 24.3 Å². The number of benzene rings is 1. The minimum Gasteiger partial charge on any atom is -0.320 e. The highest BCUT2D eigenvalue weighted by Crippen LogP contribution is 2.20. The fourth-order valence-corrected chi connectivity index (χ4v) is 2.45. The second kappa shape index (κ2) is 9.53. The second-order valence-electron chi connectivity index (χ2n) is 3.98. The molecule has 0 bridgehead atoms. The van der Waals surface area contributed by atoms with Gasteiger partial charge in [-0.3, -0.25) is 4.79 Å². The maximum absolute atomic E-state index is 12.1. The van der Waals surface area contributed by atoms with Gasteiger partial charge in [-0.1, -0.05) is 0 Å². The molecule has 6 heteroatoms. The van der Waals surface area contributed by atoms with E-state index in [2.05, 4.69) is 0 Å². The largest absolute Gasteiger partial charge is 0.320 e. The van der Waals surface area contributed by atoms with E-state index in [0.29, 0.717) is 6.42 Å². The molecule has 0 saturated carbocycles. The van der Waals surface area contributed by atoms with Gasteiger partial charge >= 0.3 is 0 Å². The van der Waals surface area contributed by atoms with Crippen LogP contribution in [0.2, 0.25) is 0 Å². The topological polar surface area (TPSA) is 46.3 Å². The molecule has 0 aliphatic carbocycles. The van der Waals surface area contributed by atoms with Crippen molar-refractivity contribution in [3.8, 4) is 0 Å². The van der Waals surface area contributed by atoms with Crippen molar-refractivity contribution < 1.29 is 4.79 Å². The Hall–Kier alpha value is -0.360. The van der Waals surface area contributed by atoms with Crippen molar-refractivity contribution in [2.75, 3.05) is 30.2 Å². The Labute approximate surface area is 130 Å². The number of anilines is 1. The molecule has 0 aliphatic heterocycles. The summed E-state index contributed by atoms with van der Waals surface area (Å²) in [6, 6.07) is 7.51. The van der Waals surface area contributed by atoms with E-state index in [1.54, 1.807) is 35.5 Å². The lowest BCUT2D eigenvalue weighted by Crippen LogP contribution is -2.42. The molecule has 19 heavy (non-hydrogen) atoms. The van der Waals surface area contributed by atoms with Gasteiger partial charge in [0.15, 0.2) is 0 Å². The first kappa shape index (κ1) is 18.6. The van der Waals surface area contributed by atoms with Gasteiger partial charge in [0.1, 0.15) is 0 Å². The smallest absolute Gasteiger partial charge is 0.243 e. The van der Waals surface area contributed by atoms with Crippen LogP contribution in [0.1, 0.15) is 6.42 Å². The molecule has 0 heterocycles. The standard InChI is InChI=1S/C13H20N2OS2.ClH/c1-15(13(16)12(14)8-9-17-2)10-4-6-11(18-3)7-5-10;/h4-7,12H,8-9,14H2,1-3H3;1H. The molecule has 0 fully saturated rings. The van der Waals surface area contributed by atoms with Crippen molar-refractivity contribution in [1.82, 2.24) is 0 Å². The Morgan fingerprint density at radius 2 is 1.89 bits per heavy atom. The predicted octanol–water partition coefficient (Wildman–Crippen LogP) is 2.87. The third kappa shape index (κ3) is 5.65. The van der Waals surface area contributed by atoms with E-state index < -0.39 is 6.04 Å². The van der Waals surface area contributed by atoms with Crippen LogP contribution in [-0.4, -0.2) is 37.3 Å². The van der Waals surface area contributed by atoms with E-state index in [9.17, 15) is 4.79 Å². The lowest BCUT2D eigenvalue weighted by atomic mass is 10.2. The Bertz CT molecular complexity index is 387. The second-order valence-corrected chi connectivity index (χ2v) is 5.85. The van der Waals surface area contributed by atoms with Crippen LogP contribution in [0.4, 0.5) is 5.69 Å². The highest BCUT2D eigenvalue weighted by atomic mass is 35.5. The van der Waals surface area contributed by atoms with E-state index in [1.165, 1.54) is 4.90 Å². The van der Waals surface area contributed by atoms with Crippen molar-refractivity contribution in [1.29, 1.82) is 0 Å². The minimum absolute atomic E-state index is 0. The maximum Gasteiger partial charge on any atom is 0.243 e. The number of hydrogen-bond acceptors (Lipinski definition) is 4. The lowest BCUT2D eigenvalue weighted by molar-refractivity contribution is -0.119. The molecule has 0 spiro atoms. The van der Waals surface area contributed by atoms with Crippen LogP contribution in [0.15, 0.2) is 29.2 Å². The lowest BCUT2D eigenvalue weighted by Gasteiger charge is -2.21. The van der Waals surface area contributed by atoms with Crippen LogP contribution >= 0.6 is 35.9 Å². The molecule has 0 aromatic heterocycles. The van der Waals surface area contributed by atoms with Crippen molar-refractivity contribution >= 4 is 47.5 Å². The summed E-state index contributed by atoms with van der Waals surface area (Å²) in [5.41, 5.74) is 6.78. The van der Waals surface area contributed by atoms with Gasteiger partial charge in [-0.15, -0.1) is 24.2 Å². The Balaban J connectivity index is 0.00000324. The molecule has 2 N–H and O–H groups in total. The molecule has 1 unspecified atom stereocenters. The molecule has 1 rings (SSSR count). The van der Waals surface area contributed by atoms with Crippen LogP contribution in [0.5, 0.6) is 0 Å². The Morgan fingerprint density at radius 1 is 1.32 bits per heavy atom. The highest BCUT2D eigenvalue weighted by Gasteiger charge is 2.18. The van der Waals surface area contributed by atoms with Crippen LogP contribution in [0.25, 0.3) is 0 Å². The molecule has 0 radical (unpaired) electrons. The van der Waals surface area contributed by atoms with Gasteiger partial charge in [0, 0.05) is 17.6 Å². The molecular formula is C13H21ClN2OS2. The molecule has 1 aromatic carbocycles. The number of amides is 1. The quantitative estimate of drug-likeness (QED) is 0.819. The molecule has 1 atom stereocenters. The zero-order valence-electron chi connectivity index (χ0n) is 11.5. The summed E-state index contributed by atoms with van der Waals surface area (Å²) in [5.74, 6) is 0.882. The summed E-state index contributed by atoms with van der Waals surface area (Å²) in [7, 11) is 1.77. The van der Waals surface area contributed by atoms with Gasteiger partial charge in [0.25, 0.3) is 0 Å². The fourth-order valence-electron chi connectivity index (χ4n) is 1.55. The summed E-state index contributed by atoms with van der Waals surface area (Å²) in [5, 5.41) is 0. The van der Waals surface area contributed by atoms with Crippen molar-refractivity contribution in [2.45, 2.75) is 17.4 Å². The third-order valence-electron chi connectivity index (χ3n) is 2.74. The first-order chi connectivity index (χ1) is 8.60. The number of carbonyl (C=O) groups is 1. The molecule has 0 saturated heterocycles. The third-order valence-corrected chi connectivity index (χ3v) is 4.13. The number of likely N-dealkylation sites (N-methyl/N-ethyl adjacent to an activating group) is 1. The number of nitrogens with two attached hydrogens (primary N) is 1. The minimum atomic E-state index is -0.414. The van der Waals surface area contributed by atoms with Crippen LogP contribution in [-0.2, 0) is 4.79 Å². The van der Waals surface area contributed by atoms with Crippen molar-refractivity contribution in [3.63, 3.8) is 0 Å². The van der Waals surface area contributed by atoms with Crippen LogP contribution in [0.3, 0.4) is 0 Å². The highest BCUT2D eigenvalue weighted by molar-refractivity contribution is 7.98. The summed E-state index contributed by atoms with van der Waals surface area (Å²) in [6.45, 7) is 0. The SMILES string of the molecule is CSCCC(N)C(=O)N(C)c1ccc(SC)cc1.Cl. The van der Waals surface area contributed by atoms with Gasteiger partial charge in [0.05, 0.1) is 6.04 Å². The number of halogens is 1. The van der Waals surface area contributed by atoms with Gasteiger partial charge < -0.3 is 10.6 Å². The predicted molar refractivity (Wildman–Crippen MR) is 89.9 cm³/mol. The summed E-state index contributed by atoms with van der Waals surface area (Å²) in [4.78, 5) is 14.9. The Kier molecular flexibility index (Phi) is 9.35. The van der Waals surface area contributed by atoms with Gasteiger partial charge in [0.2, 0.25) is 5.91 Å². The summed E-state index contributed by atoms with van der Waals surface area (Å²) in [6.07, 6.45) is 4.76. The fraction of sp³-hybridized carbons (Fsp3) is 0.462. The van der Waals surface area contributed by atoms with Gasteiger partial charge in [-0.2, -0.15) is 11.8 Å². The molecule has 108 valence electrons. The zero-order chi connectivity index (χ0) is 13.5. The summed E-state index contributed by atoms with van der Waals surface area (Å²) < 4.78 is 0. The average molecular weight is 321 g/mol. The average Bonchev–Trinajstić information content (AvgIpc) is 2.43. The monoisotopic (exact) mass is 320 g/mol. The first-order valence-electron chi connectivity index (χ1n) is 5.76. The van der Waals surface area contributed by atoms with E-state index in [1.807, 2.05) is 36.8 Å². The van der Waals surface area contributed by atoms with Crippen molar-refractivity contribution in [2.24, 2.45) is 5.73 Å². The van der Waals surface area contributed by atoms with Crippen LogP contribution < -0.4 is 10.6 Å². The number of thioether (sulfide) groups is 2. The number of rotatable bonds is 6. The normalized spacial score (nSPS) is 11.6. The Morgan fingerprint density at radius 3 is 2.37 bits per heavy atom.